The number of hydrogen-bond acceptors (Lipinski definition) is 5. The van der Waals surface area contributed by atoms with E-state index in [-0.39, 0.29) is 10.8 Å². The minimum Gasteiger partial charge on any atom is -0.478 e. The summed E-state index contributed by atoms with van der Waals surface area (Å²) in [6.45, 7) is 0. The number of carboxylic acids is 1. The SMILES string of the molecule is CS(=O)(=O)c1cc(Cl)ccc1C(=C(c1ccc(C=CC(=O)O)cc1)c1ccc2scnc2c1)C1CCC1. The van der Waals surface area contributed by atoms with Crippen molar-refractivity contribution in [2.75, 3.05) is 6.26 Å². The lowest BCUT2D eigenvalue weighted by molar-refractivity contribution is -0.131. The average molecular weight is 550 g/mol. The van der Waals surface area contributed by atoms with Crippen molar-refractivity contribution in [1.82, 2.24) is 4.98 Å². The van der Waals surface area contributed by atoms with Gasteiger partial charge in [0, 0.05) is 17.4 Å². The maximum Gasteiger partial charge on any atom is 0.328 e. The molecule has 1 aromatic heterocycles. The van der Waals surface area contributed by atoms with Crippen LogP contribution in [-0.2, 0) is 14.6 Å². The second-order valence-corrected chi connectivity index (χ2v) is 12.5. The lowest BCUT2D eigenvalue weighted by Gasteiger charge is -2.32. The molecule has 0 unspecified atom stereocenters. The van der Waals surface area contributed by atoms with Crippen LogP contribution in [0.3, 0.4) is 0 Å². The molecule has 0 radical (unpaired) electrons. The second kappa shape index (κ2) is 10.2. The molecule has 1 saturated carbocycles. The van der Waals surface area contributed by atoms with E-state index in [0.717, 1.165) is 63.4 Å². The van der Waals surface area contributed by atoms with E-state index in [4.69, 9.17) is 16.7 Å². The first-order chi connectivity index (χ1) is 17.7. The number of hydrogen-bond donors (Lipinski definition) is 1. The molecular formula is C29H24ClNO4S2. The predicted octanol–water partition coefficient (Wildman–Crippen LogP) is 7.21. The summed E-state index contributed by atoms with van der Waals surface area (Å²) in [5.41, 5.74) is 7.91. The molecule has 0 spiro atoms. The lowest BCUT2D eigenvalue weighted by Crippen LogP contribution is -2.17. The zero-order valence-electron chi connectivity index (χ0n) is 20.0. The summed E-state index contributed by atoms with van der Waals surface area (Å²) in [5.74, 6) is -0.820. The van der Waals surface area contributed by atoms with Crippen molar-refractivity contribution in [3.05, 3.63) is 99.5 Å². The first-order valence-corrected chi connectivity index (χ1v) is 14.9. The molecule has 3 aromatic carbocycles. The number of sulfone groups is 1. The number of rotatable bonds is 7. The third-order valence-corrected chi connectivity index (χ3v) is 8.83. The number of carbonyl (C=O) groups is 1. The van der Waals surface area contributed by atoms with Gasteiger partial charge in [-0.25, -0.2) is 18.2 Å². The van der Waals surface area contributed by atoms with E-state index < -0.39 is 15.8 Å². The van der Waals surface area contributed by atoms with E-state index >= 15 is 0 Å². The Morgan fingerprint density at radius 1 is 1.05 bits per heavy atom. The smallest absolute Gasteiger partial charge is 0.328 e. The summed E-state index contributed by atoms with van der Waals surface area (Å²) in [7, 11) is -3.56. The highest BCUT2D eigenvalue weighted by molar-refractivity contribution is 7.90. The van der Waals surface area contributed by atoms with Gasteiger partial charge in [-0.1, -0.05) is 54.4 Å². The minimum atomic E-state index is -3.56. The number of aromatic nitrogens is 1. The molecule has 1 fully saturated rings. The van der Waals surface area contributed by atoms with Crippen LogP contribution in [0, 0.1) is 5.92 Å². The molecule has 1 N–H and O–H groups in total. The molecule has 4 aromatic rings. The van der Waals surface area contributed by atoms with Crippen molar-refractivity contribution in [2.24, 2.45) is 5.92 Å². The van der Waals surface area contributed by atoms with Gasteiger partial charge < -0.3 is 5.11 Å². The Balaban J connectivity index is 1.81. The van der Waals surface area contributed by atoms with Crippen LogP contribution in [0.15, 0.2) is 77.1 Å². The average Bonchev–Trinajstić information content (AvgIpc) is 3.29. The van der Waals surface area contributed by atoms with Crippen molar-refractivity contribution in [1.29, 1.82) is 0 Å². The molecule has 5 nitrogen and oxygen atoms in total. The summed E-state index contributed by atoms with van der Waals surface area (Å²) < 4.78 is 26.9. The summed E-state index contributed by atoms with van der Waals surface area (Å²) in [4.78, 5) is 15.7. The van der Waals surface area contributed by atoms with Crippen LogP contribution >= 0.6 is 22.9 Å². The maximum absolute atomic E-state index is 12.9. The fraction of sp³-hybridized carbons (Fsp3) is 0.172. The van der Waals surface area contributed by atoms with Gasteiger partial charge in [-0.05, 0) is 82.5 Å². The fourth-order valence-corrected chi connectivity index (χ4v) is 6.51. The van der Waals surface area contributed by atoms with Gasteiger partial charge >= 0.3 is 5.97 Å². The first-order valence-electron chi connectivity index (χ1n) is 11.8. The lowest BCUT2D eigenvalue weighted by atomic mass is 9.73. The Labute approximate surface area is 224 Å². The summed E-state index contributed by atoms with van der Waals surface area (Å²) >= 11 is 7.83. The van der Waals surface area contributed by atoms with E-state index in [2.05, 4.69) is 11.1 Å². The molecule has 0 amide bonds. The quantitative estimate of drug-likeness (QED) is 0.194. The number of thiazole rings is 1. The highest BCUT2D eigenvalue weighted by atomic mass is 35.5. The van der Waals surface area contributed by atoms with E-state index in [1.807, 2.05) is 48.0 Å². The van der Waals surface area contributed by atoms with Crippen molar-refractivity contribution < 1.29 is 18.3 Å². The number of aliphatic carboxylic acids is 1. The van der Waals surface area contributed by atoms with Crippen LogP contribution in [-0.4, -0.2) is 30.7 Å². The van der Waals surface area contributed by atoms with E-state index in [9.17, 15) is 13.2 Å². The summed E-state index contributed by atoms with van der Waals surface area (Å²) in [6, 6.07) is 18.9. The topological polar surface area (TPSA) is 84.3 Å². The van der Waals surface area contributed by atoms with Gasteiger partial charge in [0.25, 0.3) is 0 Å². The van der Waals surface area contributed by atoms with Crippen molar-refractivity contribution in [2.45, 2.75) is 24.2 Å². The van der Waals surface area contributed by atoms with E-state index in [0.29, 0.717) is 10.6 Å². The van der Waals surface area contributed by atoms with Gasteiger partial charge in [0.1, 0.15) is 0 Å². The van der Waals surface area contributed by atoms with Gasteiger partial charge in [0.2, 0.25) is 0 Å². The van der Waals surface area contributed by atoms with Crippen LogP contribution in [0.2, 0.25) is 5.02 Å². The molecule has 0 aliphatic heterocycles. The Morgan fingerprint density at radius 2 is 1.78 bits per heavy atom. The number of allylic oxidation sites excluding steroid dienone is 1. The van der Waals surface area contributed by atoms with Gasteiger partial charge in [-0.2, -0.15) is 0 Å². The predicted molar refractivity (Wildman–Crippen MR) is 151 cm³/mol. The molecule has 188 valence electrons. The van der Waals surface area contributed by atoms with Gasteiger partial charge in [-0.15, -0.1) is 11.3 Å². The molecule has 5 rings (SSSR count). The van der Waals surface area contributed by atoms with E-state index in [1.54, 1.807) is 23.5 Å². The van der Waals surface area contributed by atoms with Crippen LogP contribution in [0.25, 0.3) is 27.4 Å². The Kier molecular flexibility index (Phi) is 7.03. The Bertz CT molecular complexity index is 1660. The number of fused-ring (bicyclic) bond motifs is 1. The number of benzene rings is 3. The minimum absolute atomic E-state index is 0.189. The van der Waals surface area contributed by atoms with Crippen molar-refractivity contribution in [3.8, 4) is 0 Å². The zero-order valence-corrected chi connectivity index (χ0v) is 22.4. The van der Waals surface area contributed by atoms with E-state index in [1.165, 1.54) is 12.3 Å². The molecule has 37 heavy (non-hydrogen) atoms. The first kappa shape index (κ1) is 25.4. The highest BCUT2D eigenvalue weighted by Crippen LogP contribution is 2.47. The van der Waals surface area contributed by atoms with Crippen LogP contribution in [0.4, 0.5) is 0 Å². The molecule has 1 aliphatic carbocycles. The Morgan fingerprint density at radius 3 is 2.43 bits per heavy atom. The molecule has 8 heteroatoms. The monoisotopic (exact) mass is 549 g/mol. The molecule has 0 bridgehead atoms. The number of nitrogens with zero attached hydrogens (tertiary/aromatic N) is 1. The standard InChI is InChI=1S/C29H24ClNO4S2/c1-37(34,35)26-16-22(30)11-12-23(26)29(19-3-2-4-19)28(21-10-13-25-24(15-21)31-17-36-25)20-8-5-18(6-9-20)7-14-27(32)33/h5-17,19H,2-4H2,1H3,(H,32,33). The van der Waals surface area contributed by atoms with Crippen LogP contribution < -0.4 is 0 Å². The van der Waals surface area contributed by atoms with Gasteiger partial charge in [-0.3, -0.25) is 0 Å². The third-order valence-electron chi connectivity index (χ3n) is 6.65. The summed E-state index contributed by atoms with van der Waals surface area (Å²) in [5, 5.41) is 9.35. The number of carboxylic acid groups (broad SMARTS) is 1. The van der Waals surface area contributed by atoms with Crippen LogP contribution in [0.1, 0.15) is 41.5 Å². The van der Waals surface area contributed by atoms with Crippen molar-refractivity contribution >= 4 is 66.2 Å². The van der Waals surface area contributed by atoms with Crippen LogP contribution in [0.5, 0.6) is 0 Å². The molecule has 1 aliphatic rings. The highest BCUT2D eigenvalue weighted by Gasteiger charge is 2.30. The Hall–Kier alpha value is -3.26. The summed E-state index contributed by atoms with van der Waals surface area (Å²) in [6.07, 6.45) is 6.86. The maximum atomic E-state index is 12.9. The van der Waals surface area contributed by atoms with Gasteiger partial charge in [0.05, 0.1) is 20.6 Å². The molecular weight excluding hydrogens is 526 g/mol. The molecule has 1 heterocycles. The zero-order chi connectivity index (χ0) is 26.2. The largest absolute Gasteiger partial charge is 0.478 e. The molecule has 0 atom stereocenters. The fourth-order valence-electron chi connectivity index (χ4n) is 4.70. The normalized spacial score (nSPS) is 15.1. The van der Waals surface area contributed by atoms with Gasteiger partial charge in [0.15, 0.2) is 9.84 Å². The van der Waals surface area contributed by atoms with Crippen molar-refractivity contribution in [3.63, 3.8) is 0 Å². The molecule has 0 saturated heterocycles. The number of halogens is 1. The third kappa shape index (κ3) is 5.39. The second-order valence-electron chi connectivity index (χ2n) is 9.16.